The number of carbonyl (C=O) groups is 3. The molecule has 92 valence electrons. The van der Waals surface area contributed by atoms with Crippen molar-refractivity contribution < 1.29 is 29.7 Å². The van der Waals surface area contributed by atoms with Crippen molar-refractivity contribution in [2.75, 3.05) is 0 Å². The summed E-state index contributed by atoms with van der Waals surface area (Å²) in [6.07, 6.45) is 0.222. The quantitative estimate of drug-likeness (QED) is 0.739. The van der Waals surface area contributed by atoms with Crippen LogP contribution in [-0.4, -0.2) is 33.2 Å². The maximum absolute atomic E-state index is 10.5. The molecular weight excluding hydrogens is 228 g/mol. The maximum Gasteiger partial charge on any atom is 0.336 e. The predicted molar refractivity (Wildman–Crippen MR) is 58.3 cm³/mol. The van der Waals surface area contributed by atoms with Crippen molar-refractivity contribution >= 4 is 17.9 Å². The van der Waals surface area contributed by atoms with Crippen molar-refractivity contribution in [2.24, 2.45) is 0 Å². The van der Waals surface area contributed by atoms with Crippen molar-refractivity contribution in [1.82, 2.24) is 0 Å². The number of hydrogen-bond acceptors (Lipinski definition) is 3. The molecule has 0 aliphatic carbocycles. The molecule has 0 unspecified atom stereocenters. The van der Waals surface area contributed by atoms with Gasteiger partial charge in [0.25, 0.3) is 0 Å². The van der Waals surface area contributed by atoms with E-state index < -0.39 is 17.9 Å². The molecule has 0 amide bonds. The van der Waals surface area contributed by atoms with E-state index in [-0.39, 0.29) is 17.5 Å². The molecule has 17 heavy (non-hydrogen) atoms. The Bertz CT molecular complexity index is 391. The molecule has 0 aliphatic heterocycles. The van der Waals surface area contributed by atoms with E-state index in [1.807, 2.05) is 0 Å². The van der Waals surface area contributed by atoms with Crippen LogP contribution in [0.1, 0.15) is 34.1 Å². The highest BCUT2D eigenvalue weighted by molar-refractivity contribution is 6.01. The third-order valence-corrected chi connectivity index (χ3v) is 1.69. The zero-order valence-corrected chi connectivity index (χ0v) is 9.08. The van der Waals surface area contributed by atoms with E-state index in [0.717, 1.165) is 0 Å². The summed E-state index contributed by atoms with van der Waals surface area (Å²) in [6.45, 7) is 1.60. The molecule has 6 heteroatoms. The number of hydrogen-bond donors (Lipinski definition) is 3. The lowest BCUT2D eigenvalue weighted by Crippen LogP contribution is -2.06. The Morgan fingerprint density at radius 2 is 1.24 bits per heavy atom. The Kier molecular flexibility index (Phi) is 6.02. The Morgan fingerprint density at radius 1 is 0.941 bits per heavy atom. The largest absolute Gasteiger partial charge is 0.481 e. The monoisotopic (exact) mass is 240 g/mol. The first kappa shape index (κ1) is 14.6. The van der Waals surface area contributed by atoms with Gasteiger partial charge in [-0.25, -0.2) is 9.59 Å². The van der Waals surface area contributed by atoms with E-state index in [1.165, 1.54) is 24.3 Å². The molecule has 1 aromatic rings. The topological polar surface area (TPSA) is 112 Å². The van der Waals surface area contributed by atoms with Crippen LogP contribution in [0.3, 0.4) is 0 Å². The zero-order chi connectivity index (χ0) is 13.4. The van der Waals surface area contributed by atoms with Gasteiger partial charge in [0, 0.05) is 6.42 Å². The summed E-state index contributed by atoms with van der Waals surface area (Å²) >= 11 is 0. The van der Waals surface area contributed by atoms with Crippen LogP contribution in [0.25, 0.3) is 0 Å². The molecule has 0 heterocycles. The maximum atomic E-state index is 10.5. The van der Waals surface area contributed by atoms with Gasteiger partial charge < -0.3 is 15.3 Å². The molecule has 0 aliphatic rings. The first-order valence-electron chi connectivity index (χ1n) is 4.67. The van der Waals surface area contributed by atoms with Gasteiger partial charge in [-0.15, -0.1) is 0 Å². The van der Waals surface area contributed by atoms with Gasteiger partial charge in [-0.3, -0.25) is 4.79 Å². The van der Waals surface area contributed by atoms with Gasteiger partial charge in [0.05, 0.1) is 11.1 Å². The van der Waals surface area contributed by atoms with E-state index in [1.54, 1.807) is 6.92 Å². The Labute approximate surface area is 97.1 Å². The lowest BCUT2D eigenvalue weighted by atomic mass is 10.1. The number of benzene rings is 1. The minimum absolute atomic E-state index is 0.190. The highest BCUT2D eigenvalue weighted by Gasteiger charge is 2.13. The van der Waals surface area contributed by atoms with Gasteiger partial charge in [0.1, 0.15) is 0 Å². The van der Waals surface area contributed by atoms with Crippen LogP contribution in [0.5, 0.6) is 0 Å². The fourth-order valence-electron chi connectivity index (χ4n) is 0.856. The van der Waals surface area contributed by atoms with E-state index in [2.05, 4.69) is 0 Å². The first-order valence-corrected chi connectivity index (χ1v) is 4.67. The summed E-state index contributed by atoms with van der Waals surface area (Å²) in [5.41, 5.74) is -0.380. The number of aromatic carboxylic acids is 2. The summed E-state index contributed by atoms with van der Waals surface area (Å²) in [6, 6.07) is 5.48. The molecule has 3 N–H and O–H groups in total. The Balaban J connectivity index is 0.000000437. The van der Waals surface area contributed by atoms with Crippen molar-refractivity contribution in [3.05, 3.63) is 35.4 Å². The fourth-order valence-corrected chi connectivity index (χ4v) is 0.856. The third kappa shape index (κ3) is 5.31. The molecule has 6 nitrogen and oxygen atoms in total. The van der Waals surface area contributed by atoms with Gasteiger partial charge in [-0.05, 0) is 12.1 Å². The van der Waals surface area contributed by atoms with Gasteiger partial charge in [-0.2, -0.15) is 0 Å². The number of carboxylic acid groups (broad SMARTS) is 3. The number of rotatable bonds is 3. The third-order valence-electron chi connectivity index (χ3n) is 1.69. The summed E-state index contributed by atoms with van der Waals surface area (Å²) in [7, 11) is 0. The smallest absolute Gasteiger partial charge is 0.336 e. The SMILES string of the molecule is CCC(=O)O.O=C(O)c1ccccc1C(=O)O. The molecule has 0 fully saturated rings. The van der Waals surface area contributed by atoms with Crippen LogP contribution in [0, 0.1) is 0 Å². The van der Waals surface area contributed by atoms with Crippen molar-refractivity contribution in [1.29, 1.82) is 0 Å². The predicted octanol–water partition coefficient (Wildman–Crippen LogP) is 1.56. The van der Waals surface area contributed by atoms with Crippen LogP contribution >= 0.6 is 0 Å². The highest BCUT2D eigenvalue weighted by atomic mass is 16.4. The molecule has 0 aromatic heterocycles. The number of aliphatic carboxylic acids is 1. The van der Waals surface area contributed by atoms with E-state index in [0.29, 0.717) is 0 Å². The van der Waals surface area contributed by atoms with Crippen LogP contribution in [-0.2, 0) is 4.79 Å². The first-order chi connectivity index (χ1) is 7.90. The van der Waals surface area contributed by atoms with E-state index in [9.17, 15) is 14.4 Å². The normalized spacial score (nSPS) is 8.76. The van der Waals surface area contributed by atoms with Crippen LogP contribution in [0.2, 0.25) is 0 Å². The van der Waals surface area contributed by atoms with Crippen LogP contribution in [0.4, 0.5) is 0 Å². The summed E-state index contributed by atoms with van der Waals surface area (Å²) in [5, 5.41) is 24.8. The average Bonchev–Trinajstić information content (AvgIpc) is 2.29. The second-order valence-electron chi connectivity index (χ2n) is 2.90. The Hall–Kier alpha value is -2.37. The summed E-state index contributed by atoms with van der Waals surface area (Å²) in [5.74, 6) is -3.20. The lowest BCUT2D eigenvalue weighted by molar-refractivity contribution is -0.136. The van der Waals surface area contributed by atoms with Gasteiger partial charge in [0.2, 0.25) is 0 Å². The fraction of sp³-hybridized carbons (Fsp3) is 0.182. The Morgan fingerprint density at radius 3 is 1.41 bits per heavy atom. The van der Waals surface area contributed by atoms with Crippen LogP contribution in [0.15, 0.2) is 24.3 Å². The average molecular weight is 240 g/mol. The van der Waals surface area contributed by atoms with Gasteiger partial charge in [0.15, 0.2) is 0 Å². The van der Waals surface area contributed by atoms with Crippen molar-refractivity contribution in [3.63, 3.8) is 0 Å². The van der Waals surface area contributed by atoms with Crippen molar-refractivity contribution in [2.45, 2.75) is 13.3 Å². The summed E-state index contributed by atoms with van der Waals surface area (Å²) < 4.78 is 0. The van der Waals surface area contributed by atoms with Gasteiger partial charge in [-0.1, -0.05) is 19.1 Å². The van der Waals surface area contributed by atoms with Crippen LogP contribution < -0.4 is 0 Å². The zero-order valence-electron chi connectivity index (χ0n) is 9.08. The molecule has 0 saturated heterocycles. The van der Waals surface area contributed by atoms with E-state index >= 15 is 0 Å². The van der Waals surface area contributed by atoms with Crippen molar-refractivity contribution in [3.8, 4) is 0 Å². The minimum atomic E-state index is -1.23. The molecule has 0 bridgehead atoms. The molecule has 0 radical (unpaired) electrons. The van der Waals surface area contributed by atoms with E-state index in [4.69, 9.17) is 15.3 Å². The molecule has 0 spiro atoms. The van der Waals surface area contributed by atoms with Gasteiger partial charge >= 0.3 is 17.9 Å². The molecule has 0 saturated carbocycles. The summed E-state index contributed by atoms with van der Waals surface area (Å²) in [4.78, 5) is 30.3. The highest BCUT2D eigenvalue weighted by Crippen LogP contribution is 2.07. The standard InChI is InChI=1S/C8H6O4.C3H6O2/c9-7(10)5-3-1-2-4-6(5)8(11)12;1-2-3(4)5/h1-4H,(H,9,10)(H,11,12);2H2,1H3,(H,4,5). The minimum Gasteiger partial charge on any atom is -0.481 e. The molecular formula is C11H12O6. The second-order valence-corrected chi connectivity index (χ2v) is 2.90. The molecule has 0 atom stereocenters. The molecule has 1 rings (SSSR count). The number of carboxylic acids is 3. The molecule has 1 aromatic carbocycles. The lowest BCUT2D eigenvalue weighted by Gasteiger charge is -1.98. The second kappa shape index (κ2) is 7.00.